The number of carbonyl (C=O) groups excluding carboxylic acids is 3. The Kier molecular flexibility index (Phi) is 6.87. The summed E-state index contributed by atoms with van der Waals surface area (Å²) in [5.74, 6) is -3.29. The molecule has 1 atom stereocenters. The Morgan fingerprint density at radius 3 is 2.56 bits per heavy atom. The highest BCUT2D eigenvalue weighted by Gasteiger charge is 2.48. The summed E-state index contributed by atoms with van der Waals surface area (Å²) in [5.41, 5.74) is 0.197. The van der Waals surface area contributed by atoms with Gasteiger partial charge in [0.2, 0.25) is 5.91 Å². The lowest BCUT2D eigenvalue weighted by Crippen LogP contribution is -2.64. The summed E-state index contributed by atoms with van der Waals surface area (Å²) in [6.45, 7) is 6.18. The molecule has 1 aromatic heterocycles. The van der Waals surface area contributed by atoms with E-state index < -0.39 is 29.0 Å². The lowest BCUT2D eigenvalue weighted by molar-refractivity contribution is -0.133. The van der Waals surface area contributed by atoms with Crippen molar-refractivity contribution in [1.82, 2.24) is 19.8 Å². The number of hydrogen-bond donors (Lipinski definition) is 2. The average molecular weight is 496 g/mol. The van der Waals surface area contributed by atoms with Crippen molar-refractivity contribution in [1.29, 1.82) is 0 Å². The van der Waals surface area contributed by atoms with Crippen LogP contribution in [-0.4, -0.2) is 44.3 Å². The van der Waals surface area contributed by atoms with Gasteiger partial charge in [0.05, 0.1) is 18.6 Å². The number of nitrogens with one attached hydrogen (secondary N) is 2. The van der Waals surface area contributed by atoms with Crippen molar-refractivity contribution in [2.24, 2.45) is 0 Å². The summed E-state index contributed by atoms with van der Waals surface area (Å²) >= 11 is 0. The normalized spacial score (nSPS) is 17.0. The molecule has 0 saturated heterocycles. The molecule has 0 fully saturated rings. The van der Waals surface area contributed by atoms with E-state index in [1.165, 1.54) is 15.8 Å². The molecule has 0 bridgehead atoms. The summed E-state index contributed by atoms with van der Waals surface area (Å²) in [7, 11) is 0. The molecule has 1 aliphatic heterocycles. The number of imidazole rings is 1. The maximum absolute atomic E-state index is 14.0. The number of hydrogen-bond acceptors (Lipinski definition) is 4. The number of aryl methyl sites for hydroxylation is 1. The van der Waals surface area contributed by atoms with E-state index in [1.807, 2.05) is 38.1 Å². The number of nitrogens with zero attached hydrogens (tertiary/aromatic N) is 3. The predicted molar refractivity (Wildman–Crippen MR) is 129 cm³/mol. The van der Waals surface area contributed by atoms with Gasteiger partial charge >= 0.3 is 0 Å². The summed E-state index contributed by atoms with van der Waals surface area (Å²) in [4.78, 5) is 45.3. The highest BCUT2D eigenvalue weighted by atomic mass is 19.1. The second-order valence-electron chi connectivity index (χ2n) is 9.05. The first-order valence-electron chi connectivity index (χ1n) is 11.6. The van der Waals surface area contributed by atoms with Crippen LogP contribution in [0.3, 0.4) is 0 Å². The van der Waals surface area contributed by atoms with Crippen molar-refractivity contribution in [2.75, 3.05) is 11.9 Å². The van der Waals surface area contributed by atoms with Crippen molar-refractivity contribution in [2.45, 2.75) is 45.8 Å². The lowest BCUT2D eigenvalue weighted by Gasteiger charge is -2.43. The minimum absolute atomic E-state index is 0.0124. The van der Waals surface area contributed by atoms with Gasteiger partial charge in [-0.3, -0.25) is 14.4 Å². The quantitative estimate of drug-likeness (QED) is 0.523. The fourth-order valence-corrected chi connectivity index (χ4v) is 4.28. The molecule has 0 aliphatic carbocycles. The Morgan fingerprint density at radius 2 is 1.86 bits per heavy atom. The first-order chi connectivity index (χ1) is 17.1. The van der Waals surface area contributed by atoms with Crippen molar-refractivity contribution >= 4 is 23.4 Å². The van der Waals surface area contributed by atoms with Gasteiger partial charge in [-0.15, -0.1) is 0 Å². The van der Waals surface area contributed by atoms with E-state index >= 15 is 0 Å². The first-order valence-corrected chi connectivity index (χ1v) is 11.6. The molecule has 36 heavy (non-hydrogen) atoms. The molecule has 0 saturated carbocycles. The van der Waals surface area contributed by atoms with Crippen LogP contribution >= 0.6 is 0 Å². The van der Waals surface area contributed by atoms with Crippen LogP contribution in [0.25, 0.3) is 0 Å². The van der Waals surface area contributed by atoms with Gasteiger partial charge in [0, 0.05) is 19.2 Å². The summed E-state index contributed by atoms with van der Waals surface area (Å²) in [6, 6.07) is 10.4. The Labute approximate surface area is 207 Å². The predicted octanol–water partition coefficient (Wildman–Crippen LogP) is 3.66. The third kappa shape index (κ3) is 4.71. The first kappa shape index (κ1) is 25.0. The minimum Gasteiger partial charge on any atom is -0.350 e. The lowest BCUT2D eigenvalue weighted by atomic mass is 9.93. The number of halogens is 2. The van der Waals surface area contributed by atoms with Crippen LogP contribution in [0, 0.1) is 18.6 Å². The van der Waals surface area contributed by atoms with E-state index in [0.29, 0.717) is 13.0 Å². The molecule has 2 heterocycles. The topological polar surface area (TPSA) is 96.3 Å². The summed E-state index contributed by atoms with van der Waals surface area (Å²) in [6.07, 6.45) is 1.88. The van der Waals surface area contributed by atoms with Crippen LogP contribution in [-0.2, 0) is 17.9 Å². The van der Waals surface area contributed by atoms with E-state index in [-0.39, 0.29) is 36.1 Å². The van der Waals surface area contributed by atoms with E-state index in [2.05, 4.69) is 15.6 Å². The monoisotopic (exact) mass is 495 g/mol. The zero-order valence-electron chi connectivity index (χ0n) is 20.3. The van der Waals surface area contributed by atoms with Gasteiger partial charge in [-0.25, -0.2) is 13.8 Å². The molecule has 188 valence electrons. The molecule has 0 radical (unpaired) electrons. The van der Waals surface area contributed by atoms with Gasteiger partial charge in [0.15, 0.2) is 5.69 Å². The molecule has 1 unspecified atom stereocenters. The number of amides is 3. The Balaban J connectivity index is 1.60. The van der Waals surface area contributed by atoms with Crippen LogP contribution in [0.4, 0.5) is 14.5 Å². The average Bonchev–Trinajstić information content (AvgIpc) is 3.27. The molecule has 0 spiro atoms. The fraction of sp³-hybridized carbons (Fsp3) is 0.308. The summed E-state index contributed by atoms with van der Waals surface area (Å²) < 4.78 is 29.0. The third-order valence-corrected chi connectivity index (χ3v) is 6.26. The van der Waals surface area contributed by atoms with E-state index in [1.54, 1.807) is 6.92 Å². The third-order valence-electron chi connectivity index (χ3n) is 6.26. The van der Waals surface area contributed by atoms with E-state index in [9.17, 15) is 23.2 Å². The number of carbonyl (C=O) groups is 3. The van der Waals surface area contributed by atoms with Gasteiger partial charge in [0.1, 0.15) is 22.9 Å². The molecule has 2 N–H and O–H groups in total. The minimum atomic E-state index is -1.23. The number of benzene rings is 2. The Morgan fingerprint density at radius 1 is 1.14 bits per heavy atom. The zero-order valence-corrected chi connectivity index (χ0v) is 20.3. The van der Waals surface area contributed by atoms with Crippen LogP contribution in [0.1, 0.15) is 52.4 Å². The SMILES string of the molecule is CCCN1C(=O)c2c(C(=O)Nc3cc(F)ccc3F)ncn2CC1(C)C(=O)NCc1ccc(C)cc1. The van der Waals surface area contributed by atoms with Crippen molar-refractivity contribution in [3.8, 4) is 0 Å². The molecular formula is C26H27F2N5O3. The van der Waals surface area contributed by atoms with Crippen LogP contribution < -0.4 is 10.6 Å². The van der Waals surface area contributed by atoms with Crippen LogP contribution in [0.15, 0.2) is 48.8 Å². The van der Waals surface area contributed by atoms with Crippen molar-refractivity contribution in [3.05, 3.63) is 82.9 Å². The van der Waals surface area contributed by atoms with Crippen molar-refractivity contribution in [3.63, 3.8) is 0 Å². The highest BCUT2D eigenvalue weighted by molar-refractivity contribution is 6.11. The molecule has 1 aliphatic rings. The number of fused-ring (bicyclic) bond motifs is 1. The fourth-order valence-electron chi connectivity index (χ4n) is 4.28. The molecule has 8 nitrogen and oxygen atoms in total. The summed E-state index contributed by atoms with van der Waals surface area (Å²) in [5, 5.41) is 5.20. The smallest absolute Gasteiger partial charge is 0.276 e. The molecule has 3 aromatic rings. The van der Waals surface area contributed by atoms with Gasteiger partial charge in [-0.2, -0.15) is 0 Å². The number of rotatable bonds is 7. The number of anilines is 1. The zero-order chi connectivity index (χ0) is 26.0. The van der Waals surface area contributed by atoms with Gasteiger partial charge in [-0.05, 0) is 38.0 Å². The van der Waals surface area contributed by atoms with Gasteiger partial charge < -0.3 is 20.1 Å². The standard InChI is InChI=1S/C26H27F2N5O3/c1-4-11-33-24(35)22-21(23(34)31-20-12-18(27)9-10-19(20)28)30-15-32(22)14-26(33,3)25(36)29-13-17-7-5-16(2)6-8-17/h5-10,12,15H,4,11,13-14H2,1-3H3,(H,29,36)(H,31,34). The maximum Gasteiger partial charge on any atom is 0.276 e. The molecule has 10 heteroatoms. The van der Waals surface area contributed by atoms with E-state index in [0.717, 1.165) is 29.3 Å². The largest absolute Gasteiger partial charge is 0.350 e. The van der Waals surface area contributed by atoms with Gasteiger partial charge in [0.25, 0.3) is 11.8 Å². The second kappa shape index (κ2) is 9.88. The molecule has 2 aromatic carbocycles. The molecule has 4 rings (SSSR count). The molecule has 3 amide bonds. The van der Waals surface area contributed by atoms with Crippen molar-refractivity contribution < 1.29 is 23.2 Å². The number of aromatic nitrogens is 2. The van der Waals surface area contributed by atoms with Crippen LogP contribution in [0.2, 0.25) is 0 Å². The Hall–Kier alpha value is -4.08. The Bertz CT molecular complexity index is 1320. The maximum atomic E-state index is 14.0. The van der Waals surface area contributed by atoms with Gasteiger partial charge in [-0.1, -0.05) is 36.8 Å². The highest BCUT2D eigenvalue weighted by Crippen LogP contribution is 2.30. The molecular weight excluding hydrogens is 468 g/mol. The van der Waals surface area contributed by atoms with Crippen LogP contribution in [0.5, 0.6) is 0 Å². The second-order valence-corrected chi connectivity index (χ2v) is 9.05. The van der Waals surface area contributed by atoms with E-state index in [4.69, 9.17) is 0 Å².